The van der Waals surface area contributed by atoms with Gasteiger partial charge in [-0.05, 0) is 64.6 Å². The smallest absolute Gasteiger partial charge is 0.239 e. The molecule has 0 aromatic heterocycles. The van der Waals surface area contributed by atoms with Gasteiger partial charge in [-0.25, -0.2) is 4.39 Å². The van der Waals surface area contributed by atoms with Crippen LogP contribution in [0.3, 0.4) is 0 Å². The van der Waals surface area contributed by atoms with Crippen LogP contribution in [-0.2, 0) is 21.4 Å². The molecular weight excluding hydrogens is 513 g/mol. The van der Waals surface area contributed by atoms with E-state index in [2.05, 4.69) is 74.4 Å². The van der Waals surface area contributed by atoms with Gasteiger partial charge in [0.05, 0.1) is 24.0 Å². The Morgan fingerprint density at radius 3 is 2.37 bits per heavy atom. The van der Waals surface area contributed by atoms with E-state index < -0.39 is 6.04 Å². The van der Waals surface area contributed by atoms with Gasteiger partial charge in [0.15, 0.2) is 5.78 Å². The van der Waals surface area contributed by atoms with Crippen molar-refractivity contribution in [3.05, 3.63) is 107 Å². The van der Waals surface area contributed by atoms with Crippen LogP contribution in [0.25, 0.3) is 0 Å². The number of carbonyl (C=O) groups is 2. The molecule has 0 fully saturated rings. The first-order valence-corrected chi connectivity index (χ1v) is 14.4. The van der Waals surface area contributed by atoms with Gasteiger partial charge in [0.1, 0.15) is 5.82 Å². The van der Waals surface area contributed by atoms with Crippen molar-refractivity contribution in [2.45, 2.75) is 65.3 Å². The van der Waals surface area contributed by atoms with Crippen molar-refractivity contribution < 1.29 is 14.0 Å². The SMILES string of the molecule is CC1(C)CC(=O)C2=C(C1)Nc1ccccc1N(CC(=O)NCCc1ccc(F)cc1)C2c1ccc(C(C)(C)C)cc1. The van der Waals surface area contributed by atoms with Crippen LogP contribution in [0.5, 0.6) is 0 Å². The van der Waals surface area contributed by atoms with Crippen molar-refractivity contribution in [2.75, 3.05) is 23.3 Å². The standard InChI is InChI=1S/C35H40FN3O2/c1-34(2,3)25-14-12-24(13-15-25)33-32-28(20-35(4,5)21-30(32)40)38-27-8-6-7-9-29(27)39(33)22-31(41)37-19-18-23-10-16-26(36)17-11-23/h6-17,33,38H,18-22H2,1-5H3,(H,37,41). The normalized spacial score (nSPS) is 18.2. The minimum Gasteiger partial charge on any atom is -0.357 e. The minimum absolute atomic E-state index is 0.00462. The van der Waals surface area contributed by atoms with Crippen molar-refractivity contribution in [3.63, 3.8) is 0 Å². The number of halogens is 1. The summed E-state index contributed by atoms with van der Waals surface area (Å²) in [6, 6.07) is 22.4. The van der Waals surface area contributed by atoms with Crippen LogP contribution in [0, 0.1) is 11.2 Å². The largest absolute Gasteiger partial charge is 0.357 e. The predicted octanol–water partition coefficient (Wildman–Crippen LogP) is 7.10. The second kappa shape index (κ2) is 11.2. The fourth-order valence-electron chi connectivity index (χ4n) is 5.95. The van der Waals surface area contributed by atoms with Gasteiger partial charge < -0.3 is 15.5 Å². The van der Waals surface area contributed by atoms with E-state index in [0.29, 0.717) is 19.4 Å². The van der Waals surface area contributed by atoms with E-state index in [4.69, 9.17) is 0 Å². The van der Waals surface area contributed by atoms with Crippen LogP contribution in [0.15, 0.2) is 84.1 Å². The molecule has 3 aromatic carbocycles. The molecule has 5 nitrogen and oxygen atoms in total. The number of hydrogen-bond donors (Lipinski definition) is 2. The molecule has 1 aliphatic heterocycles. The molecule has 1 atom stereocenters. The van der Waals surface area contributed by atoms with Gasteiger partial charge in [0.2, 0.25) is 5.91 Å². The number of nitrogens with zero attached hydrogens (tertiary/aromatic N) is 1. The number of anilines is 2. The lowest BCUT2D eigenvalue weighted by atomic mass is 9.73. The average Bonchev–Trinajstić information content (AvgIpc) is 3.03. The molecule has 2 aliphatic rings. The van der Waals surface area contributed by atoms with E-state index in [1.165, 1.54) is 17.7 Å². The van der Waals surface area contributed by atoms with Gasteiger partial charge in [-0.3, -0.25) is 9.59 Å². The first-order chi connectivity index (χ1) is 19.4. The van der Waals surface area contributed by atoms with E-state index in [-0.39, 0.29) is 34.9 Å². The number of para-hydroxylation sites is 2. The molecule has 0 radical (unpaired) electrons. The van der Waals surface area contributed by atoms with Crippen molar-refractivity contribution in [3.8, 4) is 0 Å². The van der Waals surface area contributed by atoms with E-state index in [1.54, 1.807) is 12.1 Å². The van der Waals surface area contributed by atoms with Gasteiger partial charge in [0, 0.05) is 24.2 Å². The summed E-state index contributed by atoms with van der Waals surface area (Å²) in [6.45, 7) is 11.3. The summed E-state index contributed by atoms with van der Waals surface area (Å²) in [5.74, 6) is -0.295. The topological polar surface area (TPSA) is 61.4 Å². The zero-order chi connectivity index (χ0) is 29.4. The van der Waals surface area contributed by atoms with Crippen molar-refractivity contribution >= 4 is 23.1 Å². The summed E-state index contributed by atoms with van der Waals surface area (Å²) in [4.78, 5) is 29.4. The Morgan fingerprint density at radius 2 is 1.68 bits per heavy atom. The van der Waals surface area contributed by atoms with E-state index in [0.717, 1.165) is 40.2 Å². The number of carbonyl (C=O) groups excluding carboxylic acids is 2. The molecule has 6 heteroatoms. The Kier molecular flexibility index (Phi) is 7.78. The summed E-state index contributed by atoms with van der Waals surface area (Å²) in [5.41, 5.74) is 6.43. The molecule has 0 saturated heterocycles. The van der Waals surface area contributed by atoms with E-state index >= 15 is 0 Å². The molecule has 41 heavy (non-hydrogen) atoms. The zero-order valence-electron chi connectivity index (χ0n) is 24.7. The maximum Gasteiger partial charge on any atom is 0.239 e. The molecule has 1 unspecified atom stereocenters. The Balaban J connectivity index is 1.52. The fraction of sp³-hybridized carbons (Fsp3) is 0.371. The number of amides is 1. The highest BCUT2D eigenvalue weighted by Gasteiger charge is 2.42. The molecule has 0 spiro atoms. The van der Waals surface area contributed by atoms with Crippen molar-refractivity contribution in [2.24, 2.45) is 5.41 Å². The third-order valence-electron chi connectivity index (χ3n) is 8.06. The van der Waals surface area contributed by atoms with Crippen LogP contribution in [0.4, 0.5) is 15.8 Å². The highest BCUT2D eigenvalue weighted by Crippen LogP contribution is 2.48. The van der Waals surface area contributed by atoms with Gasteiger partial charge >= 0.3 is 0 Å². The molecule has 214 valence electrons. The van der Waals surface area contributed by atoms with Crippen LogP contribution < -0.4 is 15.5 Å². The first-order valence-electron chi connectivity index (χ1n) is 14.4. The second-order valence-electron chi connectivity index (χ2n) is 13.1. The first kappa shape index (κ1) is 28.6. The lowest BCUT2D eigenvalue weighted by Gasteiger charge is -2.38. The minimum atomic E-state index is -0.415. The van der Waals surface area contributed by atoms with Gasteiger partial charge in [-0.1, -0.05) is 83.1 Å². The lowest BCUT2D eigenvalue weighted by Crippen LogP contribution is -2.42. The summed E-state index contributed by atoms with van der Waals surface area (Å²) in [5, 5.41) is 6.66. The Labute approximate surface area is 242 Å². The number of ketones is 1. The lowest BCUT2D eigenvalue weighted by molar-refractivity contribution is -0.120. The zero-order valence-corrected chi connectivity index (χ0v) is 24.7. The average molecular weight is 554 g/mol. The summed E-state index contributed by atoms with van der Waals surface area (Å²) < 4.78 is 13.3. The molecule has 2 N–H and O–H groups in total. The van der Waals surface area contributed by atoms with Crippen LogP contribution in [0.1, 0.15) is 70.2 Å². The Hall–Kier alpha value is -3.93. The monoisotopic (exact) mass is 553 g/mol. The maximum absolute atomic E-state index is 13.9. The van der Waals surface area contributed by atoms with E-state index in [1.807, 2.05) is 24.3 Å². The van der Waals surface area contributed by atoms with Crippen LogP contribution >= 0.6 is 0 Å². The van der Waals surface area contributed by atoms with Crippen LogP contribution in [0.2, 0.25) is 0 Å². The molecule has 1 amide bonds. The number of nitrogens with one attached hydrogen (secondary N) is 2. The predicted molar refractivity (Wildman–Crippen MR) is 163 cm³/mol. The van der Waals surface area contributed by atoms with Crippen molar-refractivity contribution in [1.82, 2.24) is 5.32 Å². The highest BCUT2D eigenvalue weighted by molar-refractivity contribution is 6.01. The quantitative estimate of drug-likeness (QED) is 0.342. The van der Waals surface area contributed by atoms with Gasteiger partial charge in [-0.15, -0.1) is 0 Å². The third-order valence-corrected chi connectivity index (χ3v) is 8.06. The molecule has 0 bridgehead atoms. The molecule has 1 heterocycles. The summed E-state index contributed by atoms with van der Waals surface area (Å²) in [7, 11) is 0. The molecule has 5 rings (SSSR count). The molecular formula is C35H40FN3O2. The van der Waals surface area contributed by atoms with Gasteiger partial charge in [-0.2, -0.15) is 0 Å². The Bertz CT molecular complexity index is 1470. The maximum atomic E-state index is 13.9. The number of benzene rings is 3. The van der Waals surface area contributed by atoms with Crippen molar-refractivity contribution in [1.29, 1.82) is 0 Å². The third kappa shape index (κ3) is 6.37. The fourth-order valence-corrected chi connectivity index (χ4v) is 5.95. The molecule has 3 aromatic rings. The molecule has 1 aliphatic carbocycles. The molecule has 0 saturated carbocycles. The Morgan fingerprint density at radius 1 is 1.00 bits per heavy atom. The summed E-state index contributed by atoms with van der Waals surface area (Å²) >= 11 is 0. The summed E-state index contributed by atoms with van der Waals surface area (Å²) in [6.07, 6.45) is 1.81. The van der Waals surface area contributed by atoms with Crippen LogP contribution in [-0.4, -0.2) is 24.8 Å². The number of Topliss-reactive ketones (excluding diaryl/α,β-unsaturated/α-hetero) is 1. The number of allylic oxidation sites excluding steroid dienone is 1. The number of rotatable bonds is 6. The second-order valence-corrected chi connectivity index (χ2v) is 13.1. The number of fused-ring (bicyclic) bond motifs is 1. The number of hydrogen-bond acceptors (Lipinski definition) is 4. The van der Waals surface area contributed by atoms with E-state index in [9.17, 15) is 14.0 Å². The highest BCUT2D eigenvalue weighted by atomic mass is 19.1. The van der Waals surface area contributed by atoms with Gasteiger partial charge in [0.25, 0.3) is 0 Å².